The molecule has 1 N–H and O–H groups in total. The molecule has 0 aliphatic heterocycles. The van der Waals surface area contributed by atoms with Gasteiger partial charge in [0.15, 0.2) is 0 Å². The molecule has 1 rings (SSSR count). The SMILES string of the molecule is CC(C)(C)Oc1cc(C(=O)O)c([N+](=O)[O-])cn1. The number of carboxylic acids is 1. The van der Waals surface area contributed by atoms with Crippen LogP contribution in [0.3, 0.4) is 0 Å². The highest BCUT2D eigenvalue weighted by atomic mass is 16.6. The van der Waals surface area contributed by atoms with Crippen LogP contribution in [0.15, 0.2) is 12.3 Å². The van der Waals surface area contributed by atoms with Gasteiger partial charge in [0.25, 0.3) is 0 Å². The minimum atomic E-state index is -1.39. The summed E-state index contributed by atoms with van der Waals surface area (Å²) in [5.41, 5.74) is -1.55. The van der Waals surface area contributed by atoms with E-state index in [1.807, 2.05) is 0 Å². The van der Waals surface area contributed by atoms with Crippen molar-refractivity contribution in [3.63, 3.8) is 0 Å². The molecular weight excluding hydrogens is 228 g/mol. The second-order valence-corrected chi connectivity index (χ2v) is 4.32. The van der Waals surface area contributed by atoms with Crippen molar-refractivity contribution < 1.29 is 19.6 Å². The van der Waals surface area contributed by atoms with E-state index in [2.05, 4.69) is 4.98 Å². The third-order valence-corrected chi connectivity index (χ3v) is 1.70. The topological polar surface area (TPSA) is 103 Å². The van der Waals surface area contributed by atoms with Gasteiger partial charge in [0.1, 0.15) is 17.4 Å². The zero-order valence-corrected chi connectivity index (χ0v) is 9.63. The molecule has 0 saturated heterocycles. The molecule has 0 aromatic carbocycles. The monoisotopic (exact) mass is 240 g/mol. The van der Waals surface area contributed by atoms with Crippen LogP contribution in [0.5, 0.6) is 5.88 Å². The Hall–Kier alpha value is -2.18. The second-order valence-electron chi connectivity index (χ2n) is 4.32. The van der Waals surface area contributed by atoms with Gasteiger partial charge < -0.3 is 9.84 Å². The van der Waals surface area contributed by atoms with Gasteiger partial charge in [-0.1, -0.05) is 0 Å². The van der Waals surface area contributed by atoms with Crippen LogP contribution in [-0.2, 0) is 0 Å². The Balaban J connectivity index is 3.19. The van der Waals surface area contributed by atoms with Crippen molar-refractivity contribution >= 4 is 11.7 Å². The van der Waals surface area contributed by atoms with Gasteiger partial charge in [-0.05, 0) is 20.8 Å². The first kappa shape index (κ1) is 12.9. The standard InChI is InChI=1S/C10H12N2O5/c1-10(2,3)17-8-4-6(9(13)14)7(5-11-8)12(15)16/h4-5H,1-3H3,(H,13,14). The molecule has 1 aromatic rings. The molecule has 0 spiro atoms. The summed E-state index contributed by atoms with van der Waals surface area (Å²) in [5, 5.41) is 19.4. The Labute approximate surface area is 97.2 Å². The summed E-state index contributed by atoms with van der Waals surface area (Å²) in [5.74, 6) is -1.35. The van der Waals surface area contributed by atoms with Gasteiger partial charge in [-0.25, -0.2) is 9.78 Å². The van der Waals surface area contributed by atoms with E-state index in [0.717, 1.165) is 12.3 Å². The summed E-state index contributed by atoms with van der Waals surface area (Å²) in [6.45, 7) is 5.28. The van der Waals surface area contributed by atoms with Gasteiger partial charge in [-0.15, -0.1) is 0 Å². The largest absolute Gasteiger partial charge is 0.477 e. The minimum Gasteiger partial charge on any atom is -0.477 e. The Kier molecular flexibility index (Phi) is 3.31. The molecule has 0 radical (unpaired) electrons. The minimum absolute atomic E-state index is 0.0421. The van der Waals surface area contributed by atoms with Crippen LogP contribution in [-0.4, -0.2) is 26.6 Å². The van der Waals surface area contributed by atoms with Gasteiger partial charge in [-0.2, -0.15) is 0 Å². The van der Waals surface area contributed by atoms with Crippen molar-refractivity contribution in [2.45, 2.75) is 26.4 Å². The molecule has 92 valence electrons. The summed E-state index contributed by atoms with van der Waals surface area (Å²) < 4.78 is 5.33. The number of nitrogens with zero attached hydrogens (tertiary/aromatic N) is 2. The molecule has 1 aromatic heterocycles. The normalized spacial score (nSPS) is 11.0. The maximum absolute atomic E-state index is 10.9. The van der Waals surface area contributed by atoms with Crippen molar-refractivity contribution in [2.75, 3.05) is 0 Å². The Morgan fingerprint density at radius 3 is 2.53 bits per heavy atom. The third-order valence-electron chi connectivity index (χ3n) is 1.70. The molecule has 1 heterocycles. The summed E-state index contributed by atoms with van der Waals surface area (Å²) in [6, 6.07) is 1.05. The predicted molar refractivity (Wildman–Crippen MR) is 58.2 cm³/mol. The van der Waals surface area contributed by atoms with Crippen LogP contribution < -0.4 is 4.74 Å². The van der Waals surface area contributed by atoms with Crippen LogP contribution >= 0.6 is 0 Å². The number of nitro groups is 1. The van der Waals surface area contributed by atoms with E-state index in [-0.39, 0.29) is 5.88 Å². The average Bonchev–Trinajstić information content (AvgIpc) is 2.14. The Bertz CT molecular complexity index is 464. The van der Waals surface area contributed by atoms with Crippen LogP contribution in [0.1, 0.15) is 31.1 Å². The van der Waals surface area contributed by atoms with Gasteiger partial charge in [-0.3, -0.25) is 10.1 Å². The van der Waals surface area contributed by atoms with Crippen molar-refractivity contribution in [1.29, 1.82) is 0 Å². The van der Waals surface area contributed by atoms with Crippen molar-refractivity contribution in [1.82, 2.24) is 4.98 Å². The van der Waals surface area contributed by atoms with E-state index >= 15 is 0 Å². The molecule has 0 aliphatic rings. The van der Waals surface area contributed by atoms with Crippen molar-refractivity contribution in [2.24, 2.45) is 0 Å². The fourth-order valence-electron chi connectivity index (χ4n) is 1.12. The van der Waals surface area contributed by atoms with Gasteiger partial charge in [0.05, 0.1) is 4.92 Å². The zero-order chi connectivity index (χ0) is 13.2. The number of hydrogen-bond donors (Lipinski definition) is 1. The third kappa shape index (κ3) is 3.40. The highest BCUT2D eigenvalue weighted by Crippen LogP contribution is 2.23. The second kappa shape index (κ2) is 4.36. The summed E-state index contributed by atoms with van der Waals surface area (Å²) in [7, 11) is 0. The maximum atomic E-state index is 10.9. The average molecular weight is 240 g/mol. The fourth-order valence-corrected chi connectivity index (χ4v) is 1.12. The molecule has 0 saturated carbocycles. The number of ether oxygens (including phenoxy) is 1. The van der Waals surface area contributed by atoms with Crippen molar-refractivity contribution in [3.05, 3.63) is 27.9 Å². The van der Waals surface area contributed by atoms with E-state index < -0.39 is 27.7 Å². The molecule has 7 nitrogen and oxygen atoms in total. The van der Waals surface area contributed by atoms with E-state index in [1.165, 1.54) is 0 Å². The number of aromatic nitrogens is 1. The summed E-state index contributed by atoms with van der Waals surface area (Å²) >= 11 is 0. The van der Waals surface area contributed by atoms with Crippen LogP contribution in [0.4, 0.5) is 5.69 Å². The first-order valence-corrected chi connectivity index (χ1v) is 4.77. The molecule has 7 heteroatoms. The number of aromatic carboxylic acids is 1. The number of carboxylic acid groups (broad SMARTS) is 1. The molecule has 0 fully saturated rings. The molecule has 0 aliphatic carbocycles. The summed E-state index contributed by atoms with van der Waals surface area (Å²) in [4.78, 5) is 24.3. The van der Waals surface area contributed by atoms with Crippen LogP contribution in [0.2, 0.25) is 0 Å². The van der Waals surface area contributed by atoms with E-state index in [1.54, 1.807) is 20.8 Å². The molecular formula is C10H12N2O5. The van der Waals surface area contributed by atoms with E-state index in [4.69, 9.17) is 9.84 Å². The number of rotatable bonds is 3. The van der Waals surface area contributed by atoms with Gasteiger partial charge in [0, 0.05) is 6.07 Å². The Morgan fingerprint density at radius 2 is 2.12 bits per heavy atom. The lowest BCUT2D eigenvalue weighted by atomic mass is 10.2. The molecule has 0 unspecified atom stereocenters. The highest BCUT2D eigenvalue weighted by Gasteiger charge is 2.23. The lowest BCUT2D eigenvalue weighted by molar-refractivity contribution is -0.385. The van der Waals surface area contributed by atoms with E-state index in [9.17, 15) is 14.9 Å². The quantitative estimate of drug-likeness (QED) is 0.639. The number of carbonyl (C=O) groups is 1. The smallest absolute Gasteiger partial charge is 0.342 e. The number of pyridine rings is 1. The first-order chi connectivity index (χ1) is 7.70. The lowest BCUT2D eigenvalue weighted by Gasteiger charge is -2.20. The number of hydrogen-bond acceptors (Lipinski definition) is 5. The maximum Gasteiger partial charge on any atom is 0.342 e. The summed E-state index contributed by atoms with van der Waals surface area (Å²) in [6.07, 6.45) is 0.879. The fraction of sp³-hybridized carbons (Fsp3) is 0.400. The van der Waals surface area contributed by atoms with E-state index in [0.29, 0.717) is 0 Å². The van der Waals surface area contributed by atoms with Crippen LogP contribution in [0.25, 0.3) is 0 Å². The predicted octanol–water partition coefficient (Wildman–Crippen LogP) is 1.87. The highest BCUT2D eigenvalue weighted by molar-refractivity contribution is 5.92. The van der Waals surface area contributed by atoms with Gasteiger partial charge >= 0.3 is 11.7 Å². The zero-order valence-electron chi connectivity index (χ0n) is 9.63. The van der Waals surface area contributed by atoms with Crippen LogP contribution in [0, 0.1) is 10.1 Å². The molecule has 0 bridgehead atoms. The first-order valence-electron chi connectivity index (χ1n) is 4.77. The Morgan fingerprint density at radius 1 is 1.53 bits per heavy atom. The molecule has 17 heavy (non-hydrogen) atoms. The molecule has 0 atom stereocenters. The van der Waals surface area contributed by atoms with Gasteiger partial charge in [0.2, 0.25) is 5.88 Å². The van der Waals surface area contributed by atoms with Crippen molar-refractivity contribution in [3.8, 4) is 5.88 Å². The lowest BCUT2D eigenvalue weighted by Crippen LogP contribution is -2.23. The molecule has 0 amide bonds.